The highest BCUT2D eigenvalue weighted by Crippen LogP contribution is 2.36. The van der Waals surface area contributed by atoms with Crippen LogP contribution >= 0.6 is 0 Å². The quantitative estimate of drug-likeness (QED) is 0.178. The predicted octanol–water partition coefficient (Wildman–Crippen LogP) is 10.4. The third kappa shape index (κ3) is 11.6. The fourth-order valence-corrected chi connectivity index (χ4v) is 6.03. The molecule has 1 aromatic heterocycles. The van der Waals surface area contributed by atoms with Crippen LogP contribution in [-0.4, -0.2) is 16.6 Å². The van der Waals surface area contributed by atoms with E-state index in [9.17, 15) is 0 Å². The number of hydrogen-bond donors (Lipinski definition) is 0. The molecule has 0 aliphatic heterocycles. The molecule has 1 aromatic carbocycles. The van der Waals surface area contributed by atoms with Crippen molar-refractivity contribution in [3.05, 3.63) is 42.2 Å². The number of aryl methyl sites for hydroxylation is 1. The lowest BCUT2D eigenvalue weighted by atomic mass is 9.74. The van der Waals surface area contributed by atoms with Crippen LogP contribution < -0.4 is 4.74 Å². The third-order valence-electron chi connectivity index (χ3n) is 8.37. The molecular weight excluding hydrogens is 452 g/mol. The summed E-state index contributed by atoms with van der Waals surface area (Å²) in [4.78, 5) is 9.27. The molecule has 1 fully saturated rings. The van der Waals surface area contributed by atoms with E-state index < -0.39 is 0 Å². The molecule has 0 amide bonds. The summed E-state index contributed by atoms with van der Waals surface area (Å²) in [7, 11) is 0. The van der Waals surface area contributed by atoms with Crippen LogP contribution in [0.1, 0.15) is 135 Å². The molecule has 2 aromatic rings. The lowest BCUT2D eigenvalue weighted by molar-refractivity contribution is 0.190. The van der Waals surface area contributed by atoms with Crippen molar-refractivity contribution in [1.29, 1.82) is 0 Å². The highest BCUT2D eigenvalue weighted by Gasteiger charge is 2.24. The summed E-state index contributed by atoms with van der Waals surface area (Å²) in [5.74, 6) is 3.65. The Labute approximate surface area is 228 Å². The number of benzene rings is 1. The summed E-state index contributed by atoms with van der Waals surface area (Å²) in [6, 6.07) is 8.32. The fourth-order valence-electron chi connectivity index (χ4n) is 6.03. The standard InChI is InChI=1S/C34H54N2O/c1-3-5-7-8-9-10-11-13-17-29-27-35-34(36-28-29)32-22-24-33(25-23-32)37-26-16-21-31-20-15-14-19-30(31)18-12-6-4-2/h22-25,27-28,30-31H,3-21,26H2,1-2H3. The zero-order chi connectivity index (χ0) is 26.0. The molecule has 37 heavy (non-hydrogen) atoms. The molecule has 2 unspecified atom stereocenters. The number of ether oxygens (including phenoxy) is 1. The van der Waals surface area contributed by atoms with Gasteiger partial charge in [-0.3, -0.25) is 0 Å². The Morgan fingerprint density at radius 1 is 0.676 bits per heavy atom. The largest absolute Gasteiger partial charge is 0.494 e. The Kier molecular flexibility index (Phi) is 14.7. The second kappa shape index (κ2) is 18.4. The summed E-state index contributed by atoms with van der Waals surface area (Å²) >= 11 is 0. The Morgan fingerprint density at radius 3 is 1.89 bits per heavy atom. The van der Waals surface area contributed by atoms with E-state index in [1.165, 1.54) is 121 Å². The van der Waals surface area contributed by atoms with Gasteiger partial charge in [-0.1, -0.05) is 110 Å². The molecule has 2 atom stereocenters. The van der Waals surface area contributed by atoms with E-state index in [1.807, 2.05) is 12.4 Å². The first kappa shape index (κ1) is 29.7. The van der Waals surface area contributed by atoms with Gasteiger partial charge in [-0.05, 0) is 67.3 Å². The molecule has 1 saturated carbocycles. The summed E-state index contributed by atoms with van der Waals surface area (Å²) < 4.78 is 6.09. The van der Waals surface area contributed by atoms with Gasteiger partial charge in [-0.2, -0.15) is 0 Å². The maximum Gasteiger partial charge on any atom is 0.159 e. The summed E-state index contributed by atoms with van der Waals surface area (Å²) in [5, 5.41) is 0. The first-order valence-electron chi connectivity index (χ1n) is 15.8. The van der Waals surface area contributed by atoms with Crippen molar-refractivity contribution in [1.82, 2.24) is 9.97 Å². The highest BCUT2D eigenvalue weighted by atomic mass is 16.5. The first-order chi connectivity index (χ1) is 18.3. The van der Waals surface area contributed by atoms with Crippen molar-refractivity contribution in [2.45, 2.75) is 136 Å². The van der Waals surface area contributed by atoms with Crippen molar-refractivity contribution >= 4 is 0 Å². The zero-order valence-electron chi connectivity index (χ0n) is 24.1. The molecular formula is C34H54N2O. The lowest BCUT2D eigenvalue weighted by Crippen LogP contribution is -2.20. The minimum Gasteiger partial charge on any atom is -0.494 e. The monoisotopic (exact) mass is 506 g/mol. The molecule has 3 rings (SSSR count). The van der Waals surface area contributed by atoms with Crippen LogP contribution in [0.4, 0.5) is 0 Å². The first-order valence-corrected chi connectivity index (χ1v) is 15.8. The van der Waals surface area contributed by atoms with Gasteiger partial charge in [0.2, 0.25) is 0 Å². The Balaban J connectivity index is 1.32. The summed E-state index contributed by atoms with van der Waals surface area (Å²) in [6.07, 6.45) is 29.8. The normalized spacial score (nSPS) is 17.7. The van der Waals surface area contributed by atoms with E-state index in [0.29, 0.717) is 0 Å². The van der Waals surface area contributed by atoms with Gasteiger partial charge in [-0.15, -0.1) is 0 Å². The topological polar surface area (TPSA) is 35.0 Å². The molecule has 0 spiro atoms. The van der Waals surface area contributed by atoms with Crippen LogP contribution in [-0.2, 0) is 6.42 Å². The van der Waals surface area contributed by atoms with E-state index in [1.54, 1.807) is 0 Å². The zero-order valence-corrected chi connectivity index (χ0v) is 24.1. The average Bonchev–Trinajstić information content (AvgIpc) is 2.94. The van der Waals surface area contributed by atoms with Crippen molar-refractivity contribution in [2.75, 3.05) is 6.61 Å². The van der Waals surface area contributed by atoms with Gasteiger partial charge < -0.3 is 4.74 Å². The van der Waals surface area contributed by atoms with Gasteiger partial charge in [0.15, 0.2) is 5.82 Å². The van der Waals surface area contributed by atoms with Crippen LogP contribution in [0.3, 0.4) is 0 Å². The second-order valence-electron chi connectivity index (χ2n) is 11.5. The van der Waals surface area contributed by atoms with Gasteiger partial charge in [0.1, 0.15) is 5.75 Å². The van der Waals surface area contributed by atoms with Crippen LogP contribution in [0.2, 0.25) is 0 Å². The Hall–Kier alpha value is -1.90. The van der Waals surface area contributed by atoms with Gasteiger partial charge >= 0.3 is 0 Å². The van der Waals surface area contributed by atoms with Crippen LogP contribution in [0.25, 0.3) is 11.4 Å². The average molecular weight is 507 g/mol. The smallest absolute Gasteiger partial charge is 0.159 e. The minimum absolute atomic E-state index is 0.803. The van der Waals surface area contributed by atoms with Gasteiger partial charge in [0.05, 0.1) is 6.61 Å². The van der Waals surface area contributed by atoms with Crippen molar-refractivity contribution in [2.24, 2.45) is 11.8 Å². The van der Waals surface area contributed by atoms with Crippen LogP contribution in [0.5, 0.6) is 5.75 Å². The van der Waals surface area contributed by atoms with E-state index in [-0.39, 0.29) is 0 Å². The maximum absolute atomic E-state index is 6.09. The Morgan fingerprint density at radius 2 is 1.24 bits per heavy atom. The van der Waals surface area contributed by atoms with E-state index in [4.69, 9.17) is 4.74 Å². The molecule has 0 radical (unpaired) electrons. The molecule has 3 heteroatoms. The number of hydrogen-bond acceptors (Lipinski definition) is 3. The SMILES string of the molecule is CCCCCCCCCCc1cnc(-c2ccc(OCCCC3CCCCC3CCCCC)cc2)nc1. The lowest BCUT2D eigenvalue weighted by Gasteiger charge is -2.31. The second-order valence-corrected chi connectivity index (χ2v) is 11.5. The van der Waals surface area contributed by atoms with Crippen molar-refractivity contribution in [3.63, 3.8) is 0 Å². The number of aromatic nitrogens is 2. The molecule has 3 nitrogen and oxygen atoms in total. The predicted molar refractivity (Wildman–Crippen MR) is 158 cm³/mol. The molecule has 206 valence electrons. The molecule has 0 N–H and O–H groups in total. The van der Waals surface area contributed by atoms with Crippen molar-refractivity contribution < 1.29 is 4.74 Å². The molecule has 1 heterocycles. The number of nitrogens with zero attached hydrogens (tertiary/aromatic N) is 2. The van der Waals surface area contributed by atoms with Gasteiger partial charge in [-0.25, -0.2) is 9.97 Å². The highest BCUT2D eigenvalue weighted by molar-refractivity contribution is 5.55. The molecule has 0 saturated heterocycles. The summed E-state index contributed by atoms with van der Waals surface area (Å²) in [5.41, 5.74) is 2.31. The Bertz CT molecular complexity index is 817. The number of unbranched alkanes of at least 4 members (excludes halogenated alkanes) is 9. The number of rotatable bonds is 19. The fraction of sp³-hybridized carbons (Fsp3) is 0.706. The van der Waals surface area contributed by atoms with Gasteiger partial charge in [0, 0.05) is 18.0 Å². The summed E-state index contributed by atoms with van der Waals surface area (Å²) in [6.45, 7) is 5.41. The van der Waals surface area contributed by atoms with Crippen LogP contribution in [0.15, 0.2) is 36.7 Å². The molecule has 1 aliphatic rings. The van der Waals surface area contributed by atoms with E-state index >= 15 is 0 Å². The minimum atomic E-state index is 0.803. The van der Waals surface area contributed by atoms with E-state index in [0.717, 1.165) is 42.0 Å². The molecule has 1 aliphatic carbocycles. The van der Waals surface area contributed by atoms with Crippen LogP contribution in [0, 0.1) is 11.8 Å². The van der Waals surface area contributed by atoms with Crippen molar-refractivity contribution in [3.8, 4) is 17.1 Å². The molecule has 0 bridgehead atoms. The third-order valence-corrected chi connectivity index (χ3v) is 8.37. The van der Waals surface area contributed by atoms with Gasteiger partial charge in [0.25, 0.3) is 0 Å². The maximum atomic E-state index is 6.09. The van der Waals surface area contributed by atoms with E-state index in [2.05, 4.69) is 48.1 Å².